The predicted molar refractivity (Wildman–Crippen MR) is 106 cm³/mol. The number of thioether (sulfide) groups is 1. The lowest BCUT2D eigenvalue weighted by Gasteiger charge is -2.43. The third-order valence-electron chi connectivity index (χ3n) is 5.51. The Morgan fingerprint density at radius 2 is 2.00 bits per heavy atom. The number of piperidine rings is 1. The quantitative estimate of drug-likeness (QED) is 0.775. The van der Waals surface area contributed by atoms with E-state index in [1.165, 1.54) is 4.90 Å². The summed E-state index contributed by atoms with van der Waals surface area (Å²) in [5, 5.41) is 6.87. The summed E-state index contributed by atoms with van der Waals surface area (Å²) in [6, 6.07) is 8.67. The van der Waals surface area contributed by atoms with Crippen molar-refractivity contribution in [2.45, 2.75) is 75.1 Å². The lowest BCUT2D eigenvalue weighted by Crippen LogP contribution is -2.55. The van der Waals surface area contributed by atoms with Gasteiger partial charge in [0.05, 0.1) is 6.42 Å². The minimum atomic E-state index is 0.0768. The van der Waals surface area contributed by atoms with Gasteiger partial charge in [-0.1, -0.05) is 32.9 Å². The van der Waals surface area contributed by atoms with Crippen LogP contribution in [0.3, 0.4) is 0 Å². The van der Waals surface area contributed by atoms with Crippen molar-refractivity contribution in [2.24, 2.45) is 11.8 Å². The average Bonchev–Trinajstić information content (AvgIpc) is 2.55. The molecule has 2 amide bonds. The van der Waals surface area contributed by atoms with Crippen molar-refractivity contribution < 1.29 is 9.59 Å². The molecule has 1 aromatic rings. The first-order valence-corrected chi connectivity index (χ1v) is 10.6. The first-order valence-electron chi connectivity index (χ1n) is 9.75. The molecule has 0 radical (unpaired) electrons. The van der Waals surface area contributed by atoms with Crippen molar-refractivity contribution in [2.75, 3.05) is 0 Å². The monoisotopic (exact) mass is 374 g/mol. The lowest BCUT2D eigenvalue weighted by atomic mass is 9.72. The molecule has 1 aliphatic carbocycles. The molecule has 1 aromatic carbocycles. The van der Waals surface area contributed by atoms with Crippen LogP contribution in [0.5, 0.6) is 0 Å². The van der Waals surface area contributed by atoms with Crippen LogP contribution in [0.2, 0.25) is 0 Å². The first-order chi connectivity index (χ1) is 12.4. The minimum absolute atomic E-state index is 0.0768. The van der Waals surface area contributed by atoms with Gasteiger partial charge in [-0.3, -0.25) is 9.59 Å². The number of carbonyl (C=O) groups excluding carboxylic acids is 2. The van der Waals surface area contributed by atoms with Crippen LogP contribution in [0.15, 0.2) is 29.2 Å². The van der Waals surface area contributed by atoms with Crippen molar-refractivity contribution in [3.63, 3.8) is 0 Å². The van der Waals surface area contributed by atoms with Crippen LogP contribution in [-0.4, -0.2) is 29.1 Å². The molecule has 1 aliphatic heterocycles. The highest BCUT2D eigenvalue weighted by molar-refractivity contribution is 7.99. The molecule has 0 spiro atoms. The second kappa shape index (κ2) is 8.47. The average molecular weight is 375 g/mol. The Labute approximate surface area is 160 Å². The SMILES string of the molecule is CC(C)Sc1ccc(CC(=O)NC2CCC3C(C)CC(=O)NC3C2)cc1. The van der Waals surface area contributed by atoms with Gasteiger partial charge in [0.15, 0.2) is 0 Å². The molecule has 142 valence electrons. The van der Waals surface area contributed by atoms with E-state index in [1.54, 1.807) is 0 Å². The van der Waals surface area contributed by atoms with Crippen molar-refractivity contribution in [1.29, 1.82) is 0 Å². The Bertz CT molecular complexity index is 644. The van der Waals surface area contributed by atoms with Crippen LogP contribution in [0.1, 0.15) is 52.0 Å². The van der Waals surface area contributed by atoms with Crippen LogP contribution in [0.25, 0.3) is 0 Å². The maximum absolute atomic E-state index is 12.4. The molecule has 0 aromatic heterocycles. The molecule has 4 nitrogen and oxygen atoms in total. The van der Waals surface area contributed by atoms with E-state index < -0.39 is 0 Å². The predicted octanol–water partition coefficient (Wildman–Crippen LogP) is 3.54. The van der Waals surface area contributed by atoms with E-state index in [9.17, 15) is 9.59 Å². The molecule has 26 heavy (non-hydrogen) atoms. The molecule has 2 aliphatic rings. The van der Waals surface area contributed by atoms with Gasteiger partial charge in [-0.05, 0) is 48.8 Å². The van der Waals surface area contributed by atoms with E-state index in [1.807, 2.05) is 23.9 Å². The Morgan fingerprint density at radius 1 is 1.27 bits per heavy atom. The first kappa shape index (κ1) is 19.3. The lowest BCUT2D eigenvalue weighted by molar-refractivity contribution is -0.127. The zero-order chi connectivity index (χ0) is 18.7. The standard InChI is InChI=1S/C21H30N2O2S/c1-13(2)26-17-7-4-15(5-8-17)11-21(25)22-16-6-9-18-14(3)10-20(24)23-19(18)12-16/h4-5,7-8,13-14,16,18-19H,6,9-12H2,1-3H3,(H,22,25)(H,23,24). The molecule has 4 atom stereocenters. The highest BCUT2D eigenvalue weighted by Crippen LogP contribution is 2.35. The summed E-state index contributed by atoms with van der Waals surface area (Å²) in [5.74, 6) is 1.25. The highest BCUT2D eigenvalue weighted by Gasteiger charge is 2.38. The van der Waals surface area contributed by atoms with Crippen LogP contribution >= 0.6 is 11.8 Å². The number of amides is 2. The molecule has 1 heterocycles. The molecular formula is C21H30N2O2S. The van der Waals surface area contributed by atoms with Crippen LogP contribution in [-0.2, 0) is 16.0 Å². The van der Waals surface area contributed by atoms with E-state index in [2.05, 4.69) is 43.5 Å². The van der Waals surface area contributed by atoms with Gasteiger partial charge in [-0.15, -0.1) is 11.8 Å². The van der Waals surface area contributed by atoms with Gasteiger partial charge in [0.2, 0.25) is 11.8 Å². The molecule has 4 unspecified atom stereocenters. The molecule has 3 rings (SSSR count). The highest BCUT2D eigenvalue weighted by atomic mass is 32.2. The Balaban J connectivity index is 1.50. The molecule has 1 saturated heterocycles. The Morgan fingerprint density at radius 3 is 2.69 bits per heavy atom. The fourth-order valence-corrected chi connectivity index (χ4v) is 5.14. The fourth-order valence-electron chi connectivity index (χ4n) is 4.30. The number of benzene rings is 1. The summed E-state index contributed by atoms with van der Waals surface area (Å²) in [5.41, 5.74) is 1.05. The van der Waals surface area contributed by atoms with E-state index in [0.717, 1.165) is 24.8 Å². The van der Waals surface area contributed by atoms with E-state index >= 15 is 0 Å². The third kappa shape index (κ3) is 5.03. The number of hydrogen-bond donors (Lipinski definition) is 2. The van der Waals surface area contributed by atoms with E-state index in [0.29, 0.717) is 29.9 Å². The van der Waals surface area contributed by atoms with Crippen molar-refractivity contribution in [3.8, 4) is 0 Å². The van der Waals surface area contributed by atoms with Gasteiger partial charge >= 0.3 is 0 Å². The summed E-state index contributed by atoms with van der Waals surface area (Å²) in [6.45, 7) is 6.53. The maximum Gasteiger partial charge on any atom is 0.224 e. The van der Waals surface area contributed by atoms with E-state index in [-0.39, 0.29) is 23.9 Å². The number of nitrogens with one attached hydrogen (secondary N) is 2. The van der Waals surface area contributed by atoms with Crippen LogP contribution in [0.4, 0.5) is 0 Å². The summed E-state index contributed by atoms with van der Waals surface area (Å²) in [4.78, 5) is 25.5. The van der Waals surface area contributed by atoms with Crippen molar-refractivity contribution in [3.05, 3.63) is 29.8 Å². The zero-order valence-electron chi connectivity index (χ0n) is 16.0. The summed E-state index contributed by atoms with van der Waals surface area (Å²) in [7, 11) is 0. The Hall–Kier alpha value is -1.49. The second-order valence-corrected chi connectivity index (χ2v) is 9.73. The smallest absolute Gasteiger partial charge is 0.224 e. The minimum Gasteiger partial charge on any atom is -0.353 e. The Kier molecular flexibility index (Phi) is 6.28. The summed E-state index contributed by atoms with van der Waals surface area (Å²) >= 11 is 1.83. The number of fused-ring (bicyclic) bond motifs is 1. The van der Waals surface area contributed by atoms with Crippen LogP contribution < -0.4 is 10.6 Å². The van der Waals surface area contributed by atoms with Crippen LogP contribution in [0, 0.1) is 11.8 Å². The van der Waals surface area contributed by atoms with Crippen molar-refractivity contribution in [1.82, 2.24) is 10.6 Å². The van der Waals surface area contributed by atoms with Gasteiger partial charge < -0.3 is 10.6 Å². The molecule has 5 heteroatoms. The zero-order valence-corrected chi connectivity index (χ0v) is 16.8. The molecule has 1 saturated carbocycles. The van der Waals surface area contributed by atoms with E-state index in [4.69, 9.17) is 0 Å². The van der Waals surface area contributed by atoms with Gasteiger partial charge in [-0.25, -0.2) is 0 Å². The number of rotatable bonds is 5. The normalized spacial score (nSPS) is 28.4. The van der Waals surface area contributed by atoms with Gasteiger partial charge in [0.1, 0.15) is 0 Å². The number of carbonyl (C=O) groups is 2. The second-order valence-electron chi connectivity index (χ2n) is 8.08. The molecule has 0 bridgehead atoms. The third-order valence-corrected chi connectivity index (χ3v) is 6.53. The molecular weight excluding hydrogens is 344 g/mol. The largest absolute Gasteiger partial charge is 0.353 e. The van der Waals surface area contributed by atoms with Gasteiger partial charge in [0.25, 0.3) is 0 Å². The maximum atomic E-state index is 12.4. The topological polar surface area (TPSA) is 58.2 Å². The van der Waals surface area contributed by atoms with Crippen molar-refractivity contribution >= 4 is 23.6 Å². The van der Waals surface area contributed by atoms with Gasteiger partial charge in [-0.2, -0.15) is 0 Å². The fraction of sp³-hybridized carbons (Fsp3) is 0.619. The molecule has 2 fully saturated rings. The number of hydrogen-bond acceptors (Lipinski definition) is 3. The summed E-state index contributed by atoms with van der Waals surface area (Å²) in [6.07, 6.45) is 4.01. The summed E-state index contributed by atoms with van der Waals surface area (Å²) < 4.78 is 0. The van der Waals surface area contributed by atoms with Gasteiger partial charge in [0, 0.05) is 28.6 Å². The molecule has 2 N–H and O–H groups in total.